The van der Waals surface area contributed by atoms with E-state index in [2.05, 4.69) is 0 Å². The van der Waals surface area contributed by atoms with E-state index in [1.807, 2.05) is 25.1 Å². The molecular weight excluding hydrogens is 212 g/mol. The van der Waals surface area contributed by atoms with Crippen molar-refractivity contribution in [1.82, 2.24) is 0 Å². The zero-order valence-electron chi connectivity index (χ0n) is 8.16. The van der Waals surface area contributed by atoms with Gasteiger partial charge in [0.25, 0.3) is 0 Å². The number of hydrogen-bond donors (Lipinski definition) is 0. The van der Waals surface area contributed by atoms with E-state index in [-0.39, 0.29) is 0 Å². The summed E-state index contributed by atoms with van der Waals surface area (Å²) in [5, 5.41) is 0.673. The van der Waals surface area contributed by atoms with Gasteiger partial charge in [-0.2, -0.15) is 0 Å². The smallest absolute Gasteiger partial charge is 0.185 e. The van der Waals surface area contributed by atoms with E-state index in [9.17, 15) is 4.79 Å². The van der Waals surface area contributed by atoms with Gasteiger partial charge in [0.2, 0.25) is 0 Å². The third-order valence-corrected chi connectivity index (χ3v) is 2.40. The summed E-state index contributed by atoms with van der Waals surface area (Å²) in [4.78, 5) is 10.8. The Bertz CT molecular complexity index is 483. The van der Waals surface area contributed by atoms with Crippen LogP contribution in [0.1, 0.15) is 16.3 Å². The first-order valence-electron chi connectivity index (χ1n) is 4.52. The van der Waals surface area contributed by atoms with Crippen molar-refractivity contribution < 1.29 is 9.21 Å². The van der Waals surface area contributed by atoms with Crippen LogP contribution < -0.4 is 0 Å². The summed E-state index contributed by atoms with van der Waals surface area (Å²) in [5.41, 5.74) is 1.73. The van der Waals surface area contributed by atoms with E-state index in [1.165, 1.54) is 0 Å². The van der Waals surface area contributed by atoms with Gasteiger partial charge in [-0.25, -0.2) is 0 Å². The van der Waals surface area contributed by atoms with Crippen molar-refractivity contribution in [2.45, 2.75) is 6.92 Å². The molecule has 1 aromatic heterocycles. The first kappa shape index (κ1) is 9.99. The molecule has 2 rings (SSSR count). The third kappa shape index (κ3) is 1.95. The number of rotatable bonds is 2. The minimum absolute atomic E-state index is 0.356. The van der Waals surface area contributed by atoms with Crippen LogP contribution in [0.15, 0.2) is 34.7 Å². The predicted octanol–water partition coefficient (Wildman–Crippen LogP) is 3.72. The van der Waals surface area contributed by atoms with Crippen LogP contribution in [0.25, 0.3) is 11.1 Å². The normalized spacial score (nSPS) is 10.3. The minimum Gasteiger partial charge on any atom is -0.458 e. The van der Waals surface area contributed by atoms with Crippen LogP contribution in [0.4, 0.5) is 0 Å². The molecule has 0 saturated carbocycles. The quantitative estimate of drug-likeness (QED) is 0.722. The zero-order valence-corrected chi connectivity index (χ0v) is 8.91. The summed E-state index contributed by atoms with van der Waals surface area (Å²) in [5.74, 6) is 1.08. The Balaban J connectivity index is 2.52. The topological polar surface area (TPSA) is 30.2 Å². The molecule has 0 fully saturated rings. The van der Waals surface area contributed by atoms with Gasteiger partial charge in [-0.05, 0) is 30.7 Å². The van der Waals surface area contributed by atoms with E-state index in [1.54, 1.807) is 12.1 Å². The van der Waals surface area contributed by atoms with Crippen molar-refractivity contribution in [3.8, 4) is 11.1 Å². The molecule has 0 aliphatic carbocycles. The fourth-order valence-corrected chi connectivity index (χ4v) is 1.60. The molecular formula is C12H9ClO2. The monoisotopic (exact) mass is 220 g/mol. The van der Waals surface area contributed by atoms with Crippen LogP contribution in [0.3, 0.4) is 0 Å². The standard InChI is InChI=1S/C12H9ClO2/c1-8-6-11(12(7-14)15-8)9-2-4-10(13)5-3-9/h2-7H,1H3. The van der Waals surface area contributed by atoms with Crippen molar-refractivity contribution in [3.05, 3.63) is 46.9 Å². The van der Waals surface area contributed by atoms with Gasteiger partial charge in [0.05, 0.1) is 0 Å². The van der Waals surface area contributed by atoms with Crippen molar-refractivity contribution in [3.63, 3.8) is 0 Å². The van der Waals surface area contributed by atoms with Crippen LogP contribution in [-0.4, -0.2) is 6.29 Å². The number of carbonyl (C=O) groups excluding carboxylic acids is 1. The molecule has 0 amide bonds. The number of aldehydes is 1. The van der Waals surface area contributed by atoms with E-state index < -0.39 is 0 Å². The second kappa shape index (κ2) is 3.91. The van der Waals surface area contributed by atoms with Gasteiger partial charge in [0, 0.05) is 10.6 Å². The Kier molecular flexibility index (Phi) is 2.60. The van der Waals surface area contributed by atoms with Crippen LogP contribution in [0.2, 0.25) is 5.02 Å². The highest BCUT2D eigenvalue weighted by Gasteiger charge is 2.09. The first-order chi connectivity index (χ1) is 7.20. The van der Waals surface area contributed by atoms with Crippen molar-refractivity contribution in [1.29, 1.82) is 0 Å². The molecule has 0 radical (unpaired) electrons. The van der Waals surface area contributed by atoms with Gasteiger partial charge in [-0.1, -0.05) is 23.7 Å². The molecule has 0 unspecified atom stereocenters. The number of furan rings is 1. The molecule has 0 aliphatic heterocycles. The van der Waals surface area contributed by atoms with Crippen molar-refractivity contribution in [2.75, 3.05) is 0 Å². The molecule has 3 heteroatoms. The summed E-state index contributed by atoms with van der Waals surface area (Å²) in [6, 6.07) is 9.13. The SMILES string of the molecule is Cc1cc(-c2ccc(Cl)cc2)c(C=O)o1. The molecule has 15 heavy (non-hydrogen) atoms. The Hall–Kier alpha value is -1.54. The summed E-state index contributed by atoms with van der Waals surface area (Å²) in [6.45, 7) is 1.81. The predicted molar refractivity (Wildman–Crippen MR) is 59.3 cm³/mol. The highest BCUT2D eigenvalue weighted by atomic mass is 35.5. The molecule has 0 saturated heterocycles. The molecule has 0 atom stereocenters. The molecule has 0 aliphatic rings. The van der Waals surface area contributed by atoms with Gasteiger partial charge in [0.1, 0.15) is 5.76 Å². The van der Waals surface area contributed by atoms with Crippen LogP contribution in [-0.2, 0) is 0 Å². The van der Waals surface area contributed by atoms with E-state index in [4.69, 9.17) is 16.0 Å². The van der Waals surface area contributed by atoms with Crippen LogP contribution >= 0.6 is 11.6 Å². The van der Waals surface area contributed by atoms with Crippen LogP contribution in [0, 0.1) is 6.92 Å². The van der Waals surface area contributed by atoms with E-state index in [0.717, 1.165) is 23.2 Å². The van der Waals surface area contributed by atoms with Crippen LogP contribution in [0.5, 0.6) is 0 Å². The fourth-order valence-electron chi connectivity index (χ4n) is 1.47. The highest BCUT2D eigenvalue weighted by Crippen LogP contribution is 2.26. The number of carbonyl (C=O) groups is 1. The van der Waals surface area contributed by atoms with Gasteiger partial charge < -0.3 is 4.42 Å². The molecule has 2 aromatic rings. The summed E-state index contributed by atoms with van der Waals surface area (Å²) >= 11 is 5.79. The van der Waals surface area contributed by atoms with Gasteiger partial charge in [-0.3, -0.25) is 4.79 Å². The lowest BCUT2D eigenvalue weighted by atomic mass is 10.1. The number of hydrogen-bond acceptors (Lipinski definition) is 2. The Morgan fingerprint density at radius 2 is 1.93 bits per heavy atom. The van der Waals surface area contributed by atoms with Gasteiger partial charge in [0.15, 0.2) is 12.0 Å². The maximum absolute atomic E-state index is 10.8. The number of benzene rings is 1. The fraction of sp³-hybridized carbons (Fsp3) is 0.0833. The molecule has 0 bridgehead atoms. The Labute approximate surface area is 92.5 Å². The Morgan fingerprint density at radius 3 is 2.53 bits per heavy atom. The second-order valence-corrected chi connectivity index (χ2v) is 3.70. The maximum atomic E-state index is 10.8. The average Bonchev–Trinajstić information content (AvgIpc) is 2.61. The lowest BCUT2D eigenvalue weighted by Crippen LogP contribution is -1.80. The van der Waals surface area contributed by atoms with E-state index in [0.29, 0.717) is 10.8 Å². The van der Waals surface area contributed by atoms with Crippen molar-refractivity contribution in [2.24, 2.45) is 0 Å². The summed E-state index contributed by atoms with van der Waals surface area (Å²) in [7, 11) is 0. The van der Waals surface area contributed by atoms with E-state index >= 15 is 0 Å². The minimum atomic E-state index is 0.356. The molecule has 1 heterocycles. The lowest BCUT2D eigenvalue weighted by Gasteiger charge is -1.97. The molecule has 76 valence electrons. The largest absolute Gasteiger partial charge is 0.458 e. The third-order valence-electron chi connectivity index (χ3n) is 2.15. The summed E-state index contributed by atoms with van der Waals surface area (Å²) in [6.07, 6.45) is 0.719. The molecule has 2 nitrogen and oxygen atoms in total. The molecule has 1 aromatic carbocycles. The molecule has 0 N–H and O–H groups in total. The first-order valence-corrected chi connectivity index (χ1v) is 4.90. The van der Waals surface area contributed by atoms with Gasteiger partial charge >= 0.3 is 0 Å². The van der Waals surface area contributed by atoms with Gasteiger partial charge in [-0.15, -0.1) is 0 Å². The van der Waals surface area contributed by atoms with Crippen molar-refractivity contribution >= 4 is 17.9 Å². The summed E-state index contributed by atoms with van der Waals surface area (Å²) < 4.78 is 5.25. The number of aryl methyl sites for hydroxylation is 1. The second-order valence-electron chi connectivity index (χ2n) is 3.26. The maximum Gasteiger partial charge on any atom is 0.185 e. The number of halogens is 1. The zero-order chi connectivity index (χ0) is 10.8. The highest BCUT2D eigenvalue weighted by molar-refractivity contribution is 6.30. The lowest BCUT2D eigenvalue weighted by molar-refractivity contribution is 0.110. The average molecular weight is 221 g/mol. The Morgan fingerprint density at radius 1 is 1.27 bits per heavy atom. The molecule has 0 spiro atoms.